The monoisotopic (exact) mass is 267 g/mol. The molecule has 0 saturated carbocycles. The standard InChI is InChI=1S/C11H13N3OS2/c1-15-10-4-8(2-3-9(10)5-12)6-16-11-13-7-14-17-11/h2-4,7H,5-6,12H2,1H3. The van der Waals surface area contributed by atoms with Crippen LogP contribution in [0.15, 0.2) is 28.9 Å². The molecule has 2 N–H and O–H groups in total. The van der Waals surface area contributed by atoms with Crippen LogP contribution in [0.3, 0.4) is 0 Å². The SMILES string of the molecule is COc1cc(CSc2ncns2)ccc1CN. The molecule has 0 spiro atoms. The first-order valence-electron chi connectivity index (χ1n) is 5.09. The molecule has 0 bridgehead atoms. The van der Waals surface area contributed by atoms with Gasteiger partial charge in [0.1, 0.15) is 12.1 Å². The van der Waals surface area contributed by atoms with Crippen LogP contribution in [0.4, 0.5) is 0 Å². The number of nitrogens with zero attached hydrogens (tertiary/aromatic N) is 2. The number of methoxy groups -OCH3 is 1. The number of nitrogens with two attached hydrogens (primary N) is 1. The van der Waals surface area contributed by atoms with Gasteiger partial charge in [0.05, 0.1) is 7.11 Å². The van der Waals surface area contributed by atoms with Crippen LogP contribution in [0.2, 0.25) is 0 Å². The highest BCUT2D eigenvalue weighted by molar-refractivity contribution is 8.00. The van der Waals surface area contributed by atoms with Crippen molar-refractivity contribution in [3.8, 4) is 5.75 Å². The fraction of sp³-hybridized carbons (Fsp3) is 0.273. The fourth-order valence-electron chi connectivity index (χ4n) is 1.42. The summed E-state index contributed by atoms with van der Waals surface area (Å²) in [5.74, 6) is 1.71. The smallest absolute Gasteiger partial charge is 0.170 e. The van der Waals surface area contributed by atoms with Crippen LogP contribution in [-0.2, 0) is 12.3 Å². The lowest BCUT2D eigenvalue weighted by atomic mass is 10.1. The lowest BCUT2D eigenvalue weighted by molar-refractivity contribution is 0.409. The second kappa shape index (κ2) is 6.00. The summed E-state index contributed by atoms with van der Waals surface area (Å²) in [7, 11) is 1.66. The maximum Gasteiger partial charge on any atom is 0.170 e. The Kier molecular flexibility index (Phi) is 4.36. The van der Waals surface area contributed by atoms with Crippen molar-refractivity contribution in [2.75, 3.05) is 7.11 Å². The van der Waals surface area contributed by atoms with Gasteiger partial charge < -0.3 is 10.5 Å². The highest BCUT2D eigenvalue weighted by Gasteiger charge is 2.04. The molecule has 0 fully saturated rings. The van der Waals surface area contributed by atoms with E-state index in [2.05, 4.69) is 15.4 Å². The van der Waals surface area contributed by atoms with Crippen molar-refractivity contribution in [1.82, 2.24) is 9.36 Å². The van der Waals surface area contributed by atoms with Crippen molar-refractivity contribution in [3.63, 3.8) is 0 Å². The second-order valence-corrected chi connectivity index (χ2v) is 5.35. The van der Waals surface area contributed by atoms with Gasteiger partial charge in [-0.25, -0.2) is 4.98 Å². The van der Waals surface area contributed by atoms with Gasteiger partial charge in [0, 0.05) is 17.9 Å². The van der Waals surface area contributed by atoms with Crippen LogP contribution in [0, 0.1) is 0 Å². The fourth-order valence-corrected chi connectivity index (χ4v) is 2.81. The summed E-state index contributed by atoms with van der Waals surface area (Å²) in [4.78, 5) is 4.13. The molecule has 0 aliphatic carbocycles. The van der Waals surface area contributed by atoms with Gasteiger partial charge in [-0.3, -0.25) is 0 Å². The first-order chi connectivity index (χ1) is 8.33. The highest BCUT2D eigenvalue weighted by Crippen LogP contribution is 2.26. The molecule has 0 radical (unpaired) electrons. The van der Waals surface area contributed by atoms with E-state index in [1.165, 1.54) is 17.1 Å². The van der Waals surface area contributed by atoms with E-state index in [4.69, 9.17) is 10.5 Å². The molecule has 1 aromatic carbocycles. The number of ether oxygens (including phenoxy) is 1. The minimum absolute atomic E-state index is 0.493. The third-order valence-electron chi connectivity index (χ3n) is 2.27. The van der Waals surface area contributed by atoms with Crippen LogP contribution in [0.25, 0.3) is 0 Å². The molecular formula is C11H13N3OS2. The largest absolute Gasteiger partial charge is 0.496 e. The minimum Gasteiger partial charge on any atom is -0.496 e. The summed E-state index contributed by atoms with van der Waals surface area (Å²) in [6.07, 6.45) is 1.57. The summed E-state index contributed by atoms with van der Waals surface area (Å²) in [5.41, 5.74) is 7.84. The number of hydrogen-bond acceptors (Lipinski definition) is 6. The van der Waals surface area contributed by atoms with Crippen molar-refractivity contribution in [1.29, 1.82) is 0 Å². The number of rotatable bonds is 5. The second-order valence-electron chi connectivity index (χ2n) is 3.35. The van der Waals surface area contributed by atoms with Crippen LogP contribution in [-0.4, -0.2) is 16.5 Å². The average molecular weight is 267 g/mol. The van der Waals surface area contributed by atoms with Crippen molar-refractivity contribution in [2.24, 2.45) is 5.73 Å². The Morgan fingerprint density at radius 1 is 1.47 bits per heavy atom. The summed E-state index contributed by atoms with van der Waals surface area (Å²) in [6, 6.07) is 6.10. The van der Waals surface area contributed by atoms with Gasteiger partial charge in [-0.2, -0.15) is 4.37 Å². The minimum atomic E-state index is 0.493. The first kappa shape index (κ1) is 12.3. The average Bonchev–Trinajstić information content (AvgIpc) is 2.89. The normalized spacial score (nSPS) is 10.5. The van der Waals surface area contributed by atoms with Crippen molar-refractivity contribution < 1.29 is 4.74 Å². The molecule has 1 aromatic heterocycles. The first-order valence-corrected chi connectivity index (χ1v) is 6.84. The topological polar surface area (TPSA) is 61.0 Å². The maximum absolute atomic E-state index is 5.63. The molecule has 1 heterocycles. The van der Waals surface area contributed by atoms with E-state index in [-0.39, 0.29) is 0 Å². The van der Waals surface area contributed by atoms with Crippen molar-refractivity contribution in [2.45, 2.75) is 16.6 Å². The summed E-state index contributed by atoms with van der Waals surface area (Å²) in [6.45, 7) is 0.493. The lowest BCUT2D eigenvalue weighted by Gasteiger charge is -2.08. The lowest BCUT2D eigenvalue weighted by Crippen LogP contribution is -2.00. The Labute approximate surface area is 108 Å². The van der Waals surface area contributed by atoms with Gasteiger partial charge in [-0.05, 0) is 23.2 Å². The zero-order chi connectivity index (χ0) is 12.1. The van der Waals surface area contributed by atoms with Gasteiger partial charge in [0.15, 0.2) is 4.34 Å². The number of hydrogen-bond donors (Lipinski definition) is 1. The van der Waals surface area contributed by atoms with Gasteiger partial charge >= 0.3 is 0 Å². The van der Waals surface area contributed by atoms with Gasteiger partial charge in [0.25, 0.3) is 0 Å². The predicted molar refractivity (Wildman–Crippen MR) is 70.4 cm³/mol. The van der Waals surface area contributed by atoms with Crippen LogP contribution in [0.5, 0.6) is 5.75 Å². The van der Waals surface area contributed by atoms with E-state index in [0.29, 0.717) is 6.54 Å². The third kappa shape index (κ3) is 3.18. The zero-order valence-corrected chi connectivity index (χ0v) is 11.1. The Bertz CT molecular complexity index is 474. The molecule has 17 heavy (non-hydrogen) atoms. The van der Waals surface area contributed by atoms with E-state index in [1.807, 2.05) is 12.1 Å². The molecule has 0 unspecified atom stereocenters. The maximum atomic E-state index is 5.63. The zero-order valence-electron chi connectivity index (χ0n) is 9.42. The Balaban J connectivity index is 2.06. The van der Waals surface area contributed by atoms with Gasteiger partial charge in [0.2, 0.25) is 0 Å². The van der Waals surface area contributed by atoms with E-state index >= 15 is 0 Å². The third-order valence-corrected chi connectivity index (χ3v) is 4.14. The predicted octanol–water partition coefficient (Wildman–Crippen LogP) is 2.30. The van der Waals surface area contributed by atoms with Gasteiger partial charge in [-0.1, -0.05) is 23.9 Å². The number of thioether (sulfide) groups is 1. The number of benzene rings is 1. The Morgan fingerprint density at radius 3 is 3.00 bits per heavy atom. The molecule has 6 heteroatoms. The van der Waals surface area contributed by atoms with Crippen LogP contribution >= 0.6 is 23.3 Å². The molecule has 0 aliphatic heterocycles. The summed E-state index contributed by atoms with van der Waals surface area (Å²) in [5, 5.41) is 0. The molecule has 4 nitrogen and oxygen atoms in total. The molecule has 0 saturated heterocycles. The molecule has 2 aromatic rings. The van der Waals surface area contributed by atoms with Crippen molar-refractivity contribution >= 4 is 23.3 Å². The molecule has 0 amide bonds. The van der Waals surface area contributed by atoms with Crippen LogP contribution < -0.4 is 10.5 Å². The van der Waals surface area contributed by atoms with E-state index in [1.54, 1.807) is 25.2 Å². The number of aromatic nitrogens is 2. The van der Waals surface area contributed by atoms with Crippen LogP contribution in [0.1, 0.15) is 11.1 Å². The van der Waals surface area contributed by atoms with Crippen molar-refractivity contribution in [3.05, 3.63) is 35.7 Å². The highest BCUT2D eigenvalue weighted by atomic mass is 32.2. The Morgan fingerprint density at radius 2 is 2.35 bits per heavy atom. The summed E-state index contributed by atoms with van der Waals surface area (Å²) < 4.78 is 10.2. The quantitative estimate of drug-likeness (QED) is 0.842. The molecule has 0 aliphatic rings. The molecular weight excluding hydrogens is 254 g/mol. The van der Waals surface area contributed by atoms with E-state index < -0.39 is 0 Å². The van der Waals surface area contributed by atoms with E-state index in [0.717, 1.165) is 21.4 Å². The molecule has 90 valence electrons. The van der Waals surface area contributed by atoms with E-state index in [9.17, 15) is 0 Å². The molecule has 0 atom stereocenters. The van der Waals surface area contributed by atoms with Gasteiger partial charge in [-0.15, -0.1) is 0 Å². The summed E-state index contributed by atoms with van der Waals surface area (Å²) >= 11 is 3.08. The molecule has 2 rings (SSSR count). The Hall–Kier alpha value is -1.11.